The lowest BCUT2D eigenvalue weighted by Gasteiger charge is -2.18. The first-order valence-electron chi connectivity index (χ1n) is 2.82. The van der Waals surface area contributed by atoms with Crippen molar-refractivity contribution in [1.82, 2.24) is 4.90 Å². The molecule has 4 nitrogen and oxygen atoms in total. The van der Waals surface area contributed by atoms with Crippen molar-refractivity contribution in [2.24, 2.45) is 0 Å². The average Bonchev–Trinajstić information content (AvgIpc) is 1.93. The van der Waals surface area contributed by atoms with Crippen molar-refractivity contribution in [3.05, 3.63) is 0 Å². The molecule has 1 aliphatic heterocycles. The molecule has 0 saturated carbocycles. The Bertz CT molecular complexity index is 213. The minimum absolute atomic E-state index is 0.183. The van der Waals surface area contributed by atoms with Crippen molar-refractivity contribution < 1.29 is 13.8 Å². The van der Waals surface area contributed by atoms with Crippen LogP contribution in [0.5, 0.6) is 0 Å². The topological polar surface area (TPSA) is 54.5 Å². The molecule has 0 aliphatic carbocycles. The first-order chi connectivity index (χ1) is 4.63. The van der Waals surface area contributed by atoms with Crippen LogP contribution in [0.3, 0.4) is 0 Å². The summed E-state index contributed by atoms with van der Waals surface area (Å²) in [7, 11) is -0.121. The van der Waals surface area contributed by atoms with Crippen molar-refractivity contribution >= 4 is 21.9 Å². The van der Waals surface area contributed by atoms with Crippen molar-refractivity contribution in [3.8, 4) is 0 Å². The minimum Gasteiger partial charge on any atom is -0.274 e. The first kappa shape index (κ1) is 7.40. The molecule has 1 rings (SSSR count). The Hall–Kier alpha value is -0.710. The van der Waals surface area contributed by atoms with Crippen molar-refractivity contribution in [2.75, 3.05) is 12.8 Å². The summed E-state index contributed by atoms with van der Waals surface area (Å²) in [5.41, 5.74) is 0. The molecular formula is C5H7NO3S. The monoisotopic (exact) mass is 161 g/mol. The molecule has 0 aromatic heterocycles. The van der Waals surface area contributed by atoms with Crippen molar-refractivity contribution in [1.29, 1.82) is 0 Å². The van der Waals surface area contributed by atoms with Crippen LogP contribution in [-0.2, 0) is 15.6 Å². The van der Waals surface area contributed by atoms with Gasteiger partial charge in [-0.2, -0.15) is 0 Å². The standard InChI is InChI=1S/C5H7NO3S/c1-6-4(7)2-3-10(9)5(6)8/h2-3H2,1H3. The maximum absolute atomic E-state index is 10.7. The highest BCUT2D eigenvalue weighted by Crippen LogP contribution is 2.06. The molecule has 1 aliphatic rings. The molecule has 56 valence electrons. The van der Waals surface area contributed by atoms with Gasteiger partial charge in [-0.25, -0.2) is 4.21 Å². The fourth-order valence-corrected chi connectivity index (χ4v) is 1.63. The lowest BCUT2D eigenvalue weighted by atomic mass is 10.4. The highest BCUT2D eigenvalue weighted by molar-refractivity contribution is 8.00. The zero-order valence-corrected chi connectivity index (χ0v) is 6.31. The maximum Gasteiger partial charge on any atom is 0.318 e. The summed E-state index contributed by atoms with van der Waals surface area (Å²) < 4.78 is 10.7. The Kier molecular flexibility index (Phi) is 1.85. The van der Waals surface area contributed by atoms with Crippen LogP contribution in [0.4, 0.5) is 4.79 Å². The van der Waals surface area contributed by atoms with E-state index in [1.165, 1.54) is 7.05 Å². The molecule has 5 heteroatoms. The fourth-order valence-electron chi connectivity index (χ4n) is 0.690. The van der Waals surface area contributed by atoms with E-state index in [1.54, 1.807) is 0 Å². The summed E-state index contributed by atoms with van der Waals surface area (Å²) in [4.78, 5) is 22.4. The molecule has 1 heterocycles. The second-order valence-electron chi connectivity index (χ2n) is 2.02. The van der Waals surface area contributed by atoms with Crippen molar-refractivity contribution in [3.63, 3.8) is 0 Å². The third-order valence-corrected chi connectivity index (χ3v) is 2.58. The number of imide groups is 1. The second kappa shape index (κ2) is 2.49. The molecule has 0 spiro atoms. The third-order valence-electron chi connectivity index (χ3n) is 1.34. The van der Waals surface area contributed by atoms with Gasteiger partial charge >= 0.3 is 5.24 Å². The van der Waals surface area contributed by atoms with E-state index in [-0.39, 0.29) is 18.1 Å². The molecule has 10 heavy (non-hydrogen) atoms. The van der Waals surface area contributed by atoms with Crippen LogP contribution in [0.15, 0.2) is 0 Å². The van der Waals surface area contributed by atoms with Gasteiger partial charge in [-0.05, 0) is 0 Å². The molecule has 1 saturated heterocycles. The van der Waals surface area contributed by atoms with E-state index in [2.05, 4.69) is 0 Å². The van der Waals surface area contributed by atoms with Crippen LogP contribution in [0.1, 0.15) is 6.42 Å². The van der Waals surface area contributed by atoms with Crippen LogP contribution in [-0.4, -0.2) is 33.1 Å². The van der Waals surface area contributed by atoms with Gasteiger partial charge in [0.15, 0.2) is 0 Å². The van der Waals surface area contributed by atoms with E-state index in [9.17, 15) is 13.8 Å². The van der Waals surface area contributed by atoms with Crippen LogP contribution in [0, 0.1) is 0 Å². The zero-order valence-electron chi connectivity index (χ0n) is 5.49. The number of rotatable bonds is 0. The molecule has 0 aromatic carbocycles. The Morgan fingerprint density at radius 3 is 2.60 bits per heavy atom. The van der Waals surface area contributed by atoms with Gasteiger partial charge in [0.25, 0.3) is 0 Å². The molecule has 1 atom stereocenters. The quantitative estimate of drug-likeness (QED) is 0.491. The summed E-state index contributed by atoms with van der Waals surface area (Å²) in [6.07, 6.45) is 0.217. The number of carbonyl (C=O) groups excluding carboxylic acids is 2. The number of nitrogens with zero attached hydrogens (tertiary/aromatic N) is 1. The van der Waals surface area contributed by atoms with Gasteiger partial charge in [-0.1, -0.05) is 0 Å². The average molecular weight is 161 g/mol. The predicted octanol–water partition coefficient (Wildman–Crippen LogP) is -0.283. The lowest BCUT2D eigenvalue weighted by Crippen LogP contribution is -2.40. The van der Waals surface area contributed by atoms with Gasteiger partial charge in [0.1, 0.15) is 10.8 Å². The van der Waals surface area contributed by atoms with E-state index in [4.69, 9.17) is 0 Å². The molecular weight excluding hydrogens is 154 g/mol. The van der Waals surface area contributed by atoms with Crippen LogP contribution in [0.25, 0.3) is 0 Å². The normalized spacial score (nSPS) is 27.3. The van der Waals surface area contributed by atoms with E-state index >= 15 is 0 Å². The van der Waals surface area contributed by atoms with Crippen LogP contribution >= 0.6 is 0 Å². The van der Waals surface area contributed by atoms with E-state index in [0.29, 0.717) is 0 Å². The Morgan fingerprint density at radius 1 is 1.50 bits per heavy atom. The molecule has 0 aromatic rings. The van der Waals surface area contributed by atoms with Crippen LogP contribution < -0.4 is 0 Å². The Morgan fingerprint density at radius 2 is 2.10 bits per heavy atom. The van der Waals surface area contributed by atoms with Gasteiger partial charge in [0, 0.05) is 19.2 Å². The lowest BCUT2D eigenvalue weighted by molar-refractivity contribution is -0.126. The summed E-state index contributed by atoms with van der Waals surface area (Å²) in [5, 5.41) is -0.573. The third kappa shape index (κ3) is 1.09. The maximum atomic E-state index is 10.7. The van der Waals surface area contributed by atoms with Gasteiger partial charge in [-0.15, -0.1) is 0 Å². The van der Waals surface area contributed by atoms with E-state index in [1.807, 2.05) is 0 Å². The highest BCUT2D eigenvalue weighted by atomic mass is 32.2. The smallest absolute Gasteiger partial charge is 0.274 e. The molecule has 1 unspecified atom stereocenters. The van der Waals surface area contributed by atoms with E-state index < -0.39 is 16.0 Å². The molecule has 0 bridgehead atoms. The van der Waals surface area contributed by atoms with Gasteiger partial charge in [0.2, 0.25) is 5.91 Å². The fraction of sp³-hybridized carbons (Fsp3) is 0.600. The first-order valence-corrected chi connectivity index (χ1v) is 4.13. The molecule has 2 amide bonds. The highest BCUT2D eigenvalue weighted by Gasteiger charge is 2.28. The van der Waals surface area contributed by atoms with Crippen LogP contribution in [0.2, 0.25) is 0 Å². The summed E-state index contributed by atoms with van der Waals surface area (Å²) >= 11 is 0. The SMILES string of the molecule is CN1C(=O)CCS(=O)C1=O. The number of hydrogen-bond acceptors (Lipinski definition) is 3. The minimum atomic E-state index is -1.47. The largest absolute Gasteiger partial charge is 0.318 e. The van der Waals surface area contributed by atoms with Crippen molar-refractivity contribution in [2.45, 2.75) is 6.42 Å². The van der Waals surface area contributed by atoms with Gasteiger partial charge in [-0.3, -0.25) is 14.5 Å². The Labute approximate surface area is 60.7 Å². The van der Waals surface area contributed by atoms with E-state index in [0.717, 1.165) is 4.90 Å². The summed E-state index contributed by atoms with van der Waals surface area (Å²) in [6, 6.07) is 0. The van der Waals surface area contributed by atoms with Gasteiger partial charge < -0.3 is 0 Å². The van der Waals surface area contributed by atoms with Gasteiger partial charge in [0.05, 0.1) is 0 Å². The number of amides is 2. The predicted molar refractivity (Wildman–Crippen MR) is 35.8 cm³/mol. The zero-order chi connectivity index (χ0) is 7.72. The number of carbonyl (C=O) groups is 2. The molecule has 0 N–H and O–H groups in total. The Balaban J connectivity index is 2.79. The second-order valence-corrected chi connectivity index (χ2v) is 3.47. The summed E-state index contributed by atoms with van der Waals surface area (Å²) in [5.74, 6) is -0.0632. The molecule has 1 fully saturated rings. The number of hydrogen-bond donors (Lipinski definition) is 0. The summed E-state index contributed by atoms with van der Waals surface area (Å²) in [6.45, 7) is 0. The molecule has 0 radical (unpaired) electrons.